The summed E-state index contributed by atoms with van der Waals surface area (Å²) >= 11 is 5.91. The van der Waals surface area contributed by atoms with Gasteiger partial charge < -0.3 is 14.9 Å². The van der Waals surface area contributed by atoms with E-state index in [9.17, 15) is 9.90 Å². The number of likely N-dealkylation sites (N-methyl/N-ethyl adjacent to an activating group) is 1. The number of benzene rings is 1. The maximum absolute atomic E-state index is 11.4. The first-order valence-electron chi connectivity index (χ1n) is 6.73. The van der Waals surface area contributed by atoms with Crippen molar-refractivity contribution in [2.75, 3.05) is 38.6 Å². The molecule has 0 amide bonds. The number of anilines is 1. The largest absolute Gasteiger partial charge is 0.478 e. The summed E-state index contributed by atoms with van der Waals surface area (Å²) in [6.45, 7) is 6.72. The van der Waals surface area contributed by atoms with Crippen molar-refractivity contribution in [3.63, 3.8) is 0 Å². The molecule has 1 N–H and O–H groups in total. The maximum Gasteiger partial charge on any atom is 0.337 e. The molecule has 1 aromatic rings. The highest BCUT2D eigenvalue weighted by atomic mass is 35.5. The van der Waals surface area contributed by atoms with Crippen LogP contribution in [-0.4, -0.2) is 49.7 Å². The molecule has 0 heterocycles. The van der Waals surface area contributed by atoms with Crippen LogP contribution in [0.1, 0.15) is 24.2 Å². The summed E-state index contributed by atoms with van der Waals surface area (Å²) in [6, 6.07) is 5.05. The number of hydrogen-bond donors (Lipinski definition) is 1. The van der Waals surface area contributed by atoms with Crippen LogP contribution >= 0.6 is 11.6 Å². The van der Waals surface area contributed by atoms with E-state index < -0.39 is 5.97 Å². The van der Waals surface area contributed by atoms with E-state index in [-0.39, 0.29) is 5.56 Å². The molecule has 0 aliphatic carbocycles. The van der Waals surface area contributed by atoms with E-state index in [2.05, 4.69) is 23.6 Å². The highest BCUT2D eigenvalue weighted by Gasteiger charge is 2.17. The minimum atomic E-state index is -0.943. The average Bonchev–Trinajstić information content (AvgIpc) is 2.33. The number of carboxylic acids is 1. The Hall–Kier alpha value is -1.26. The summed E-state index contributed by atoms with van der Waals surface area (Å²) in [6.07, 6.45) is 0. The molecule has 0 bridgehead atoms. The van der Waals surface area contributed by atoms with Gasteiger partial charge in [-0.2, -0.15) is 0 Å². The summed E-state index contributed by atoms with van der Waals surface area (Å²) in [5.74, 6) is -0.490. The highest BCUT2D eigenvalue weighted by molar-refractivity contribution is 6.31. The van der Waals surface area contributed by atoms with Gasteiger partial charge in [0.1, 0.15) is 0 Å². The monoisotopic (exact) mass is 298 g/mol. The molecule has 0 aliphatic rings. The lowest BCUT2D eigenvalue weighted by Crippen LogP contribution is -2.35. The second-order valence-electron chi connectivity index (χ2n) is 5.61. The van der Waals surface area contributed by atoms with Gasteiger partial charge in [0.05, 0.1) is 11.3 Å². The van der Waals surface area contributed by atoms with Gasteiger partial charge in [-0.1, -0.05) is 25.4 Å². The van der Waals surface area contributed by atoms with Crippen LogP contribution in [0.2, 0.25) is 5.02 Å². The minimum Gasteiger partial charge on any atom is -0.478 e. The number of nitrogens with zero attached hydrogens (tertiary/aromatic N) is 2. The first kappa shape index (κ1) is 16.8. The fourth-order valence-corrected chi connectivity index (χ4v) is 2.20. The summed E-state index contributed by atoms with van der Waals surface area (Å²) < 4.78 is 0. The van der Waals surface area contributed by atoms with E-state index >= 15 is 0 Å². The van der Waals surface area contributed by atoms with Gasteiger partial charge in [0, 0.05) is 24.7 Å². The Bertz CT molecular complexity index is 461. The molecule has 1 aromatic carbocycles. The molecule has 112 valence electrons. The van der Waals surface area contributed by atoms with Gasteiger partial charge in [0.2, 0.25) is 0 Å². The molecule has 0 atom stereocenters. The first-order chi connectivity index (χ1) is 9.31. The van der Waals surface area contributed by atoms with Crippen molar-refractivity contribution in [2.45, 2.75) is 13.8 Å². The number of carbonyl (C=O) groups is 1. The van der Waals surface area contributed by atoms with Gasteiger partial charge in [-0.25, -0.2) is 4.79 Å². The zero-order valence-corrected chi connectivity index (χ0v) is 13.3. The molecule has 0 fully saturated rings. The van der Waals surface area contributed by atoms with Crippen LogP contribution in [0.3, 0.4) is 0 Å². The van der Waals surface area contributed by atoms with Crippen molar-refractivity contribution in [1.82, 2.24) is 4.90 Å². The normalized spacial score (nSPS) is 11.2. The lowest BCUT2D eigenvalue weighted by Gasteiger charge is -2.29. The summed E-state index contributed by atoms with van der Waals surface area (Å²) in [5.41, 5.74) is 0.995. The molecule has 0 unspecified atom stereocenters. The SMILES string of the molecule is CC(C)CN(CCN(C)C)c1ccc(Cl)cc1C(=O)O. The zero-order valence-electron chi connectivity index (χ0n) is 12.6. The van der Waals surface area contributed by atoms with Gasteiger partial charge in [-0.3, -0.25) is 0 Å². The van der Waals surface area contributed by atoms with Gasteiger partial charge >= 0.3 is 5.97 Å². The third-order valence-electron chi connectivity index (χ3n) is 2.93. The van der Waals surface area contributed by atoms with Crippen LogP contribution in [-0.2, 0) is 0 Å². The molecule has 0 aromatic heterocycles. The van der Waals surface area contributed by atoms with E-state index in [1.165, 1.54) is 6.07 Å². The second kappa shape index (κ2) is 7.50. The number of aromatic carboxylic acids is 1. The summed E-state index contributed by atoms with van der Waals surface area (Å²) in [7, 11) is 4.01. The van der Waals surface area contributed by atoms with E-state index in [0.717, 1.165) is 25.3 Å². The van der Waals surface area contributed by atoms with Crippen molar-refractivity contribution >= 4 is 23.3 Å². The smallest absolute Gasteiger partial charge is 0.337 e. The quantitative estimate of drug-likeness (QED) is 0.840. The van der Waals surface area contributed by atoms with E-state index in [1.807, 2.05) is 14.1 Å². The molecule has 4 nitrogen and oxygen atoms in total. The Morgan fingerprint density at radius 2 is 1.95 bits per heavy atom. The van der Waals surface area contributed by atoms with Crippen LogP contribution < -0.4 is 4.90 Å². The van der Waals surface area contributed by atoms with Gasteiger partial charge in [-0.05, 0) is 38.2 Å². The topological polar surface area (TPSA) is 43.8 Å². The standard InChI is InChI=1S/C15H23ClN2O2/c1-11(2)10-18(8-7-17(3)4)14-6-5-12(16)9-13(14)15(19)20/h5-6,9,11H,7-8,10H2,1-4H3,(H,19,20). The Kier molecular flexibility index (Phi) is 6.30. The number of hydrogen-bond acceptors (Lipinski definition) is 3. The number of carboxylic acid groups (broad SMARTS) is 1. The summed E-state index contributed by atoms with van der Waals surface area (Å²) in [5, 5.41) is 9.80. The van der Waals surface area contributed by atoms with Crippen molar-refractivity contribution in [3.05, 3.63) is 28.8 Å². The second-order valence-corrected chi connectivity index (χ2v) is 6.05. The third-order valence-corrected chi connectivity index (χ3v) is 3.17. The lowest BCUT2D eigenvalue weighted by atomic mass is 10.1. The van der Waals surface area contributed by atoms with Crippen LogP contribution in [0.25, 0.3) is 0 Å². The number of halogens is 1. The lowest BCUT2D eigenvalue weighted by molar-refractivity contribution is 0.0697. The van der Waals surface area contributed by atoms with Crippen LogP contribution in [0.5, 0.6) is 0 Å². The Morgan fingerprint density at radius 3 is 2.45 bits per heavy atom. The fourth-order valence-electron chi connectivity index (χ4n) is 2.03. The molecule has 0 spiro atoms. The van der Waals surface area contributed by atoms with E-state index in [4.69, 9.17) is 11.6 Å². The van der Waals surface area contributed by atoms with Gasteiger partial charge in [0.25, 0.3) is 0 Å². The maximum atomic E-state index is 11.4. The Balaban J connectivity index is 3.08. The van der Waals surface area contributed by atoms with Crippen molar-refractivity contribution in [2.24, 2.45) is 5.92 Å². The third kappa shape index (κ3) is 5.02. The zero-order chi connectivity index (χ0) is 15.3. The van der Waals surface area contributed by atoms with Gasteiger partial charge in [-0.15, -0.1) is 0 Å². The van der Waals surface area contributed by atoms with Crippen molar-refractivity contribution in [3.8, 4) is 0 Å². The van der Waals surface area contributed by atoms with Crippen molar-refractivity contribution in [1.29, 1.82) is 0 Å². The molecule has 0 saturated carbocycles. The molecule has 5 heteroatoms. The van der Waals surface area contributed by atoms with E-state index in [1.54, 1.807) is 12.1 Å². The molecular formula is C15H23ClN2O2. The van der Waals surface area contributed by atoms with Crippen LogP contribution in [0.15, 0.2) is 18.2 Å². The molecule has 0 radical (unpaired) electrons. The predicted octanol–water partition coefficient (Wildman–Crippen LogP) is 3.06. The molecule has 20 heavy (non-hydrogen) atoms. The minimum absolute atomic E-state index is 0.261. The highest BCUT2D eigenvalue weighted by Crippen LogP contribution is 2.25. The Morgan fingerprint density at radius 1 is 1.30 bits per heavy atom. The fraction of sp³-hybridized carbons (Fsp3) is 0.533. The van der Waals surface area contributed by atoms with E-state index in [0.29, 0.717) is 10.9 Å². The predicted molar refractivity (Wildman–Crippen MR) is 84.0 cm³/mol. The molecule has 1 rings (SSSR count). The first-order valence-corrected chi connectivity index (χ1v) is 7.11. The molecular weight excluding hydrogens is 276 g/mol. The van der Waals surface area contributed by atoms with Gasteiger partial charge in [0.15, 0.2) is 0 Å². The van der Waals surface area contributed by atoms with Crippen molar-refractivity contribution < 1.29 is 9.90 Å². The summed E-state index contributed by atoms with van der Waals surface area (Å²) in [4.78, 5) is 15.6. The number of rotatable bonds is 7. The average molecular weight is 299 g/mol. The van der Waals surface area contributed by atoms with Crippen LogP contribution in [0.4, 0.5) is 5.69 Å². The van der Waals surface area contributed by atoms with Crippen LogP contribution in [0, 0.1) is 5.92 Å². The Labute approximate surface area is 125 Å². The molecule has 0 aliphatic heterocycles. The molecule has 0 saturated heterocycles.